The monoisotopic (exact) mass is 629 g/mol. The van der Waals surface area contributed by atoms with Gasteiger partial charge in [-0.2, -0.15) is 0 Å². The molecule has 0 saturated heterocycles. The third-order valence-electron chi connectivity index (χ3n) is 4.93. The Kier molecular flexibility index (Phi) is 32.9. The second-order valence-corrected chi connectivity index (χ2v) is 8.55. The predicted octanol–water partition coefficient (Wildman–Crippen LogP) is -0.392. The number of carbonyl (C=O) groups excluding carboxylic acids is 1. The van der Waals surface area contributed by atoms with Crippen LogP contribution in [-0.4, -0.2) is 167 Å². The minimum Gasteiger partial charge on any atom is -0.481 e. The van der Waals surface area contributed by atoms with E-state index in [1.165, 1.54) is 0 Å². The molecule has 0 aliphatic carbocycles. The average molecular weight is 630 g/mol. The molecule has 16 nitrogen and oxygen atoms in total. The van der Waals surface area contributed by atoms with Gasteiger partial charge in [-0.3, -0.25) is 9.59 Å². The summed E-state index contributed by atoms with van der Waals surface area (Å²) in [6, 6.07) is 0. The molecule has 43 heavy (non-hydrogen) atoms. The third kappa shape index (κ3) is 38.0. The maximum Gasteiger partial charge on any atom is 0.329 e. The molecule has 1 amide bonds. The van der Waals surface area contributed by atoms with Crippen molar-refractivity contribution in [2.75, 3.05) is 139 Å². The summed E-state index contributed by atoms with van der Waals surface area (Å²) in [4.78, 5) is 32.0. The van der Waals surface area contributed by atoms with Gasteiger partial charge in [-0.05, 0) is 6.42 Å². The van der Waals surface area contributed by atoms with Crippen LogP contribution in [0.15, 0.2) is 0 Å². The summed E-state index contributed by atoms with van der Waals surface area (Å²) >= 11 is 0. The van der Waals surface area contributed by atoms with Crippen LogP contribution in [0.3, 0.4) is 0 Å². The van der Waals surface area contributed by atoms with Crippen molar-refractivity contribution >= 4 is 17.8 Å². The van der Waals surface area contributed by atoms with Gasteiger partial charge in [0.1, 0.15) is 6.61 Å². The molecule has 0 aliphatic heterocycles. The van der Waals surface area contributed by atoms with Crippen LogP contribution in [0.4, 0.5) is 0 Å². The lowest BCUT2D eigenvalue weighted by atomic mass is 10.3. The molecule has 0 radical (unpaired) electrons. The second kappa shape index (κ2) is 34.5. The first-order chi connectivity index (χ1) is 21.0. The fraction of sp³-hybridized carbons (Fsp3) is 0.889. The van der Waals surface area contributed by atoms with Gasteiger partial charge in [-0.15, -0.1) is 0 Å². The SMILES string of the molecule is O=C(O)CCC(=O)NCCCOCCOCCOCCOCCOCCOCCOCCOCCOCCOCC(=O)O. The van der Waals surface area contributed by atoms with Crippen LogP contribution in [0, 0.1) is 0 Å². The summed E-state index contributed by atoms with van der Waals surface area (Å²) < 4.78 is 53.3. The molecule has 0 aromatic rings. The van der Waals surface area contributed by atoms with E-state index in [-0.39, 0.29) is 32.0 Å². The second-order valence-electron chi connectivity index (χ2n) is 8.55. The highest BCUT2D eigenvalue weighted by Crippen LogP contribution is 1.90. The van der Waals surface area contributed by atoms with Crippen molar-refractivity contribution in [3.05, 3.63) is 0 Å². The lowest BCUT2D eigenvalue weighted by Gasteiger charge is -2.09. The number of carboxylic acids is 2. The molecule has 0 saturated carbocycles. The molecule has 0 aromatic carbocycles. The maximum absolute atomic E-state index is 11.3. The maximum atomic E-state index is 11.3. The number of aliphatic carboxylic acids is 2. The minimum atomic E-state index is -1.00. The van der Waals surface area contributed by atoms with Gasteiger partial charge in [0.2, 0.25) is 5.91 Å². The highest BCUT2D eigenvalue weighted by Gasteiger charge is 2.04. The smallest absolute Gasteiger partial charge is 0.329 e. The van der Waals surface area contributed by atoms with Gasteiger partial charge >= 0.3 is 11.9 Å². The highest BCUT2D eigenvalue weighted by molar-refractivity contribution is 5.80. The zero-order chi connectivity index (χ0) is 31.5. The van der Waals surface area contributed by atoms with E-state index in [4.69, 9.17) is 57.6 Å². The van der Waals surface area contributed by atoms with E-state index in [0.29, 0.717) is 132 Å². The lowest BCUT2D eigenvalue weighted by Crippen LogP contribution is -2.25. The number of rotatable bonds is 36. The van der Waals surface area contributed by atoms with E-state index < -0.39 is 11.9 Å². The Morgan fingerprint density at radius 2 is 0.698 bits per heavy atom. The zero-order valence-corrected chi connectivity index (χ0v) is 25.2. The van der Waals surface area contributed by atoms with Crippen molar-refractivity contribution < 1.29 is 72.0 Å². The summed E-state index contributed by atoms with van der Waals surface area (Å²) in [7, 11) is 0. The number of hydrogen-bond donors (Lipinski definition) is 3. The molecular weight excluding hydrogens is 578 g/mol. The molecule has 0 heterocycles. The van der Waals surface area contributed by atoms with Gasteiger partial charge in [0.25, 0.3) is 0 Å². The van der Waals surface area contributed by atoms with Gasteiger partial charge in [-0.1, -0.05) is 0 Å². The van der Waals surface area contributed by atoms with Crippen LogP contribution < -0.4 is 5.32 Å². The quantitative estimate of drug-likeness (QED) is 0.0757. The van der Waals surface area contributed by atoms with E-state index in [2.05, 4.69) is 5.32 Å². The van der Waals surface area contributed by atoms with Crippen molar-refractivity contribution in [2.45, 2.75) is 19.3 Å². The van der Waals surface area contributed by atoms with E-state index in [9.17, 15) is 14.4 Å². The Bertz CT molecular complexity index is 642. The predicted molar refractivity (Wildman–Crippen MR) is 150 cm³/mol. The zero-order valence-electron chi connectivity index (χ0n) is 25.2. The number of hydrogen-bond acceptors (Lipinski definition) is 13. The highest BCUT2D eigenvalue weighted by atomic mass is 16.6. The van der Waals surface area contributed by atoms with Gasteiger partial charge in [0.05, 0.1) is 125 Å². The summed E-state index contributed by atoms with van der Waals surface area (Å²) in [6.45, 7) is 8.43. The first-order valence-corrected chi connectivity index (χ1v) is 14.5. The topological polar surface area (TPSA) is 196 Å². The standard InChI is InChI=1S/C27H51NO15/c29-25(2-3-26(30)31)28-4-1-5-34-6-7-35-8-9-36-10-11-37-12-13-38-14-15-39-16-17-40-18-19-41-20-21-42-22-23-43-24-27(32)33/h1-24H2,(H,28,29)(H,30,31)(H,32,33). The Hall–Kier alpha value is -1.99. The number of amides is 1. The van der Waals surface area contributed by atoms with E-state index in [1.807, 2.05) is 0 Å². The molecule has 0 unspecified atom stereocenters. The Labute approximate surface area is 253 Å². The Morgan fingerprint density at radius 1 is 0.395 bits per heavy atom. The first kappa shape index (κ1) is 41.0. The number of carboxylic acid groups (broad SMARTS) is 2. The van der Waals surface area contributed by atoms with Crippen molar-refractivity contribution in [3.63, 3.8) is 0 Å². The molecule has 0 atom stereocenters. The van der Waals surface area contributed by atoms with Crippen LogP contribution >= 0.6 is 0 Å². The first-order valence-electron chi connectivity index (χ1n) is 14.5. The van der Waals surface area contributed by atoms with Crippen molar-refractivity contribution in [1.82, 2.24) is 5.32 Å². The summed E-state index contributed by atoms with van der Waals surface area (Å²) in [6.07, 6.45) is 0.463. The molecule has 0 spiro atoms. The molecule has 3 N–H and O–H groups in total. The fourth-order valence-corrected chi connectivity index (χ4v) is 2.85. The Balaban J connectivity index is 3.09. The molecule has 0 aliphatic rings. The van der Waals surface area contributed by atoms with E-state index >= 15 is 0 Å². The summed E-state index contributed by atoms with van der Waals surface area (Å²) in [5.74, 6) is -2.26. The van der Waals surface area contributed by atoms with Crippen LogP contribution in [-0.2, 0) is 61.8 Å². The average Bonchev–Trinajstić information content (AvgIpc) is 2.98. The van der Waals surface area contributed by atoms with Crippen molar-refractivity contribution in [1.29, 1.82) is 0 Å². The molecule has 0 bridgehead atoms. The van der Waals surface area contributed by atoms with Gasteiger partial charge in [0.15, 0.2) is 0 Å². The number of nitrogens with one attached hydrogen (secondary N) is 1. The van der Waals surface area contributed by atoms with Crippen LogP contribution in [0.1, 0.15) is 19.3 Å². The van der Waals surface area contributed by atoms with Crippen molar-refractivity contribution in [2.24, 2.45) is 0 Å². The lowest BCUT2D eigenvalue weighted by molar-refractivity contribution is -0.142. The normalized spacial score (nSPS) is 11.2. The van der Waals surface area contributed by atoms with E-state index in [1.54, 1.807) is 0 Å². The fourth-order valence-electron chi connectivity index (χ4n) is 2.85. The molecule has 0 rings (SSSR count). The van der Waals surface area contributed by atoms with Crippen LogP contribution in [0.5, 0.6) is 0 Å². The van der Waals surface area contributed by atoms with Gasteiger partial charge in [0, 0.05) is 19.6 Å². The summed E-state index contributed by atoms with van der Waals surface area (Å²) in [5, 5.41) is 19.6. The van der Waals surface area contributed by atoms with Crippen molar-refractivity contribution in [3.8, 4) is 0 Å². The van der Waals surface area contributed by atoms with Gasteiger partial charge in [-0.25, -0.2) is 4.79 Å². The molecule has 0 aromatic heterocycles. The third-order valence-corrected chi connectivity index (χ3v) is 4.93. The Morgan fingerprint density at radius 3 is 1.00 bits per heavy atom. The van der Waals surface area contributed by atoms with Crippen LogP contribution in [0.2, 0.25) is 0 Å². The minimum absolute atomic E-state index is 0.0145. The molecule has 0 fully saturated rings. The van der Waals surface area contributed by atoms with Gasteiger partial charge < -0.3 is 62.9 Å². The molecule has 254 valence electrons. The largest absolute Gasteiger partial charge is 0.481 e. The number of carbonyl (C=O) groups is 3. The van der Waals surface area contributed by atoms with E-state index in [0.717, 1.165) is 0 Å². The molecular formula is C27H51NO15. The number of ether oxygens (including phenoxy) is 10. The van der Waals surface area contributed by atoms with Crippen LogP contribution in [0.25, 0.3) is 0 Å². The summed E-state index contributed by atoms with van der Waals surface area (Å²) in [5.41, 5.74) is 0. The molecule has 16 heteroatoms.